The average Bonchev–Trinajstić information content (AvgIpc) is 2.67. The van der Waals surface area contributed by atoms with Crippen LogP contribution in [0.2, 0.25) is 0 Å². The maximum atomic E-state index is 10.8. The number of rotatable bonds is 4. The van der Waals surface area contributed by atoms with Crippen LogP contribution in [0.5, 0.6) is 0 Å². The fraction of sp³-hybridized carbons (Fsp3) is 0.0833. The minimum atomic E-state index is -0.942. The van der Waals surface area contributed by atoms with Crippen molar-refractivity contribution >= 4 is 43.5 Å². The summed E-state index contributed by atoms with van der Waals surface area (Å²) in [6.45, 7) is 0.479. The van der Waals surface area contributed by atoms with E-state index in [-0.39, 0.29) is 5.56 Å². The normalized spacial score (nSPS) is 10.3. The van der Waals surface area contributed by atoms with Crippen molar-refractivity contribution in [1.82, 2.24) is 0 Å². The molecule has 0 saturated heterocycles. The SMILES string of the molecule is O=C(O)c1cccc(NCc2cc(Br)c(Br)o2)c1. The molecule has 0 aliphatic rings. The summed E-state index contributed by atoms with van der Waals surface area (Å²) in [5, 5.41) is 12.0. The molecule has 0 fully saturated rings. The Hall–Kier alpha value is -1.27. The first-order valence-corrected chi connectivity index (χ1v) is 6.66. The number of hydrogen-bond acceptors (Lipinski definition) is 3. The van der Waals surface area contributed by atoms with Crippen LogP contribution in [0, 0.1) is 0 Å². The zero-order valence-electron chi connectivity index (χ0n) is 9.11. The van der Waals surface area contributed by atoms with Crippen molar-refractivity contribution in [3.63, 3.8) is 0 Å². The Balaban J connectivity index is 2.06. The van der Waals surface area contributed by atoms with Crippen LogP contribution in [0.4, 0.5) is 5.69 Å². The maximum absolute atomic E-state index is 10.8. The van der Waals surface area contributed by atoms with Crippen LogP contribution in [0.1, 0.15) is 16.1 Å². The van der Waals surface area contributed by atoms with Crippen LogP contribution in [0.15, 0.2) is 43.9 Å². The maximum Gasteiger partial charge on any atom is 0.335 e. The molecule has 1 aromatic heterocycles. The molecule has 2 N–H and O–H groups in total. The fourth-order valence-electron chi connectivity index (χ4n) is 1.43. The first kappa shape index (κ1) is 13.2. The van der Waals surface area contributed by atoms with Gasteiger partial charge in [0.1, 0.15) is 5.76 Å². The Bertz CT molecular complexity index is 561. The van der Waals surface area contributed by atoms with Gasteiger partial charge in [-0.1, -0.05) is 6.07 Å². The van der Waals surface area contributed by atoms with Gasteiger partial charge in [0.2, 0.25) is 0 Å². The van der Waals surface area contributed by atoms with E-state index in [9.17, 15) is 4.79 Å². The number of carboxylic acids is 1. The van der Waals surface area contributed by atoms with E-state index in [1.807, 2.05) is 6.07 Å². The largest absolute Gasteiger partial charge is 0.478 e. The zero-order valence-corrected chi connectivity index (χ0v) is 12.3. The lowest BCUT2D eigenvalue weighted by Gasteiger charge is -2.04. The summed E-state index contributed by atoms with van der Waals surface area (Å²) in [5.74, 6) is -0.198. The van der Waals surface area contributed by atoms with E-state index in [0.717, 1.165) is 15.9 Å². The smallest absolute Gasteiger partial charge is 0.335 e. The van der Waals surface area contributed by atoms with Crippen LogP contribution in [-0.2, 0) is 6.54 Å². The molecule has 0 radical (unpaired) electrons. The number of benzene rings is 1. The van der Waals surface area contributed by atoms with Crippen molar-refractivity contribution in [2.24, 2.45) is 0 Å². The number of anilines is 1. The van der Waals surface area contributed by atoms with Crippen molar-refractivity contribution < 1.29 is 14.3 Å². The van der Waals surface area contributed by atoms with Crippen molar-refractivity contribution in [2.75, 3.05) is 5.32 Å². The van der Waals surface area contributed by atoms with Gasteiger partial charge < -0.3 is 14.8 Å². The number of aromatic carboxylic acids is 1. The summed E-state index contributed by atoms with van der Waals surface area (Å²) in [4.78, 5) is 10.8. The number of nitrogens with one attached hydrogen (secondary N) is 1. The molecule has 4 nitrogen and oxygen atoms in total. The molecule has 18 heavy (non-hydrogen) atoms. The Morgan fingerprint density at radius 3 is 2.72 bits per heavy atom. The van der Waals surface area contributed by atoms with E-state index < -0.39 is 5.97 Å². The van der Waals surface area contributed by atoms with E-state index in [4.69, 9.17) is 9.52 Å². The van der Waals surface area contributed by atoms with E-state index in [2.05, 4.69) is 37.2 Å². The molecule has 0 amide bonds. The second-order valence-electron chi connectivity index (χ2n) is 3.57. The van der Waals surface area contributed by atoms with Gasteiger partial charge in [0.15, 0.2) is 4.67 Å². The van der Waals surface area contributed by atoms with Gasteiger partial charge in [-0.25, -0.2) is 4.79 Å². The second-order valence-corrected chi connectivity index (χ2v) is 5.15. The van der Waals surface area contributed by atoms with Crippen molar-refractivity contribution in [3.8, 4) is 0 Å². The fourth-order valence-corrected chi connectivity index (χ4v) is 2.09. The number of halogens is 2. The third-order valence-corrected chi connectivity index (χ3v) is 3.98. The lowest BCUT2D eigenvalue weighted by atomic mass is 10.2. The molecule has 2 rings (SSSR count). The molecule has 1 heterocycles. The predicted octanol–water partition coefficient (Wildman–Crippen LogP) is 4.11. The Labute approximate surface area is 120 Å². The van der Waals surface area contributed by atoms with Gasteiger partial charge in [0.25, 0.3) is 0 Å². The lowest BCUT2D eigenvalue weighted by molar-refractivity contribution is 0.0697. The molecule has 0 spiro atoms. The third-order valence-electron chi connectivity index (χ3n) is 2.27. The molecule has 6 heteroatoms. The molecule has 1 aromatic carbocycles. The van der Waals surface area contributed by atoms with Gasteiger partial charge in [-0.05, 0) is 56.1 Å². The highest BCUT2D eigenvalue weighted by atomic mass is 79.9. The molecule has 0 aliphatic heterocycles. The molecular weight excluding hydrogens is 366 g/mol. The monoisotopic (exact) mass is 373 g/mol. The predicted molar refractivity (Wildman–Crippen MR) is 74.8 cm³/mol. The molecule has 2 aromatic rings. The minimum Gasteiger partial charge on any atom is -0.478 e. The summed E-state index contributed by atoms with van der Waals surface area (Å²) in [7, 11) is 0. The Morgan fingerprint density at radius 1 is 1.33 bits per heavy atom. The molecule has 0 unspecified atom stereocenters. The lowest BCUT2D eigenvalue weighted by Crippen LogP contribution is -2.01. The molecule has 0 saturated carbocycles. The van der Waals surface area contributed by atoms with E-state index >= 15 is 0 Å². The highest BCUT2D eigenvalue weighted by Crippen LogP contribution is 2.27. The van der Waals surface area contributed by atoms with Gasteiger partial charge in [-0.3, -0.25) is 0 Å². The number of hydrogen-bond donors (Lipinski definition) is 2. The molecule has 0 atom stereocenters. The van der Waals surface area contributed by atoms with Gasteiger partial charge in [0.05, 0.1) is 16.6 Å². The molecule has 0 bridgehead atoms. The number of carbonyl (C=O) groups is 1. The van der Waals surface area contributed by atoms with Gasteiger partial charge in [-0.15, -0.1) is 0 Å². The summed E-state index contributed by atoms with van der Waals surface area (Å²) in [6, 6.07) is 8.47. The van der Waals surface area contributed by atoms with E-state index in [1.54, 1.807) is 24.3 Å². The summed E-state index contributed by atoms with van der Waals surface area (Å²) >= 11 is 6.58. The summed E-state index contributed by atoms with van der Waals surface area (Å²) in [6.07, 6.45) is 0. The number of furan rings is 1. The highest BCUT2D eigenvalue weighted by molar-refractivity contribution is 9.13. The summed E-state index contributed by atoms with van der Waals surface area (Å²) in [5.41, 5.74) is 0.986. The van der Waals surface area contributed by atoms with Crippen LogP contribution in [-0.4, -0.2) is 11.1 Å². The standard InChI is InChI=1S/C12H9Br2NO3/c13-10-5-9(18-11(10)14)6-15-8-3-1-2-7(4-8)12(16)17/h1-5,15H,6H2,(H,16,17). The van der Waals surface area contributed by atoms with E-state index in [1.165, 1.54) is 0 Å². The van der Waals surface area contributed by atoms with Crippen LogP contribution < -0.4 is 5.32 Å². The molecular formula is C12H9Br2NO3. The average molecular weight is 375 g/mol. The summed E-state index contributed by atoms with van der Waals surface area (Å²) < 4.78 is 6.89. The van der Waals surface area contributed by atoms with Crippen molar-refractivity contribution in [1.29, 1.82) is 0 Å². The first-order valence-electron chi connectivity index (χ1n) is 5.07. The second kappa shape index (κ2) is 5.58. The topological polar surface area (TPSA) is 62.5 Å². The molecule has 0 aliphatic carbocycles. The van der Waals surface area contributed by atoms with Gasteiger partial charge in [0, 0.05) is 5.69 Å². The van der Waals surface area contributed by atoms with Crippen molar-refractivity contribution in [2.45, 2.75) is 6.54 Å². The number of carboxylic acid groups (broad SMARTS) is 1. The van der Waals surface area contributed by atoms with Crippen molar-refractivity contribution in [3.05, 3.63) is 50.8 Å². The minimum absolute atomic E-state index is 0.252. The quantitative estimate of drug-likeness (QED) is 0.845. The zero-order chi connectivity index (χ0) is 13.1. The first-order chi connectivity index (χ1) is 8.56. The third kappa shape index (κ3) is 3.14. The van der Waals surface area contributed by atoms with Gasteiger partial charge >= 0.3 is 5.97 Å². The Morgan fingerprint density at radius 2 is 2.11 bits per heavy atom. The van der Waals surface area contributed by atoms with Crippen LogP contribution in [0.3, 0.4) is 0 Å². The van der Waals surface area contributed by atoms with Gasteiger partial charge in [-0.2, -0.15) is 0 Å². The molecule has 94 valence electrons. The van der Waals surface area contributed by atoms with Crippen LogP contribution in [0.25, 0.3) is 0 Å². The van der Waals surface area contributed by atoms with E-state index in [0.29, 0.717) is 11.2 Å². The van der Waals surface area contributed by atoms with Crippen LogP contribution >= 0.6 is 31.9 Å². The highest BCUT2D eigenvalue weighted by Gasteiger charge is 2.07. The Kier molecular flexibility index (Phi) is 4.08.